The van der Waals surface area contributed by atoms with E-state index in [1.165, 1.54) is 0 Å². The summed E-state index contributed by atoms with van der Waals surface area (Å²) in [6.07, 6.45) is -4.17. The largest absolute Gasteiger partial charge is 0.390 e. The van der Waals surface area contributed by atoms with Crippen LogP contribution in [0.3, 0.4) is 0 Å². The van der Waals surface area contributed by atoms with Crippen LogP contribution in [0.4, 0.5) is 8.78 Å². The first-order valence-electron chi connectivity index (χ1n) is 3.65. The number of halogens is 2. The van der Waals surface area contributed by atoms with E-state index in [2.05, 4.69) is 4.74 Å². The Bertz CT molecular complexity index is 147. The Hall–Kier alpha value is -0.220. The third-order valence-corrected chi connectivity index (χ3v) is 1.97. The lowest BCUT2D eigenvalue weighted by Gasteiger charge is -2.22. The molecule has 1 aliphatic heterocycles. The molecule has 0 aliphatic carbocycles. The van der Waals surface area contributed by atoms with Crippen LogP contribution in [-0.2, 0) is 4.74 Å². The first-order chi connectivity index (χ1) is 4.95. The summed E-state index contributed by atoms with van der Waals surface area (Å²) >= 11 is 0. The second-order valence-electron chi connectivity index (χ2n) is 3.21. The summed E-state index contributed by atoms with van der Waals surface area (Å²) in [5.74, 6) is -1.31. The summed E-state index contributed by atoms with van der Waals surface area (Å²) in [6, 6.07) is 0. The van der Waals surface area contributed by atoms with Gasteiger partial charge in [-0.1, -0.05) is 13.8 Å². The molecule has 1 saturated heterocycles. The number of hydrogen-bond acceptors (Lipinski definition) is 2. The van der Waals surface area contributed by atoms with Crippen molar-refractivity contribution >= 4 is 0 Å². The minimum atomic E-state index is -3.15. The summed E-state index contributed by atoms with van der Waals surface area (Å²) in [4.78, 5) is 0. The molecule has 0 aromatic carbocycles. The summed E-state index contributed by atoms with van der Waals surface area (Å²) < 4.78 is 29.6. The van der Waals surface area contributed by atoms with E-state index < -0.39 is 18.1 Å². The predicted molar refractivity (Wildman–Crippen MR) is 35.2 cm³/mol. The Balaban J connectivity index is 2.72. The van der Waals surface area contributed by atoms with E-state index in [4.69, 9.17) is 5.11 Å². The van der Waals surface area contributed by atoms with Gasteiger partial charge in [0, 0.05) is 0 Å². The highest BCUT2D eigenvalue weighted by molar-refractivity contribution is 4.84. The molecule has 1 rings (SSSR count). The lowest BCUT2D eigenvalue weighted by molar-refractivity contribution is -0.238. The smallest absolute Gasteiger partial charge is 0.361 e. The van der Waals surface area contributed by atoms with E-state index in [-0.39, 0.29) is 12.5 Å². The van der Waals surface area contributed by atoms with Crippen LogP contribution in [0.5, 0.6) is 0 Å². The maximum atomic E-state index is 12.7. The van der Waals surface area contributed by atoms with Gasteiger partial charge in [0.05, 0.1) is 18.6 Å². The molecule has 2 nitrogen and oxygen atoms in total. The fourth-order valence-corrected chi connectivity index (χ4v) is 1.45. The molecule has 1 N–H and O–H groups in total. The highest BCUT2D eigenvalue weighted by Crippen LogP contribution is 2.39. The highest BCUT2D eigenvalue weighted by atomic mass is 19.3. The first kappa shape index (κ1) is 8.87. The minimum absolute atomic E-state index is 0.254. The van der Waals surface area contributed by atoms with Crippen molar-refractivity contribution in [1.82, 2.24) is 0 Å². The van der Waals surface area contributed by atoms with Crippen LogP contribution in [0.25, 0.3) is 0 Å². The Morgan fingerprint density at radius 3 is 2.27 bits per heavy atom. The maximum Gasteiger partial charge on any atom is 0.361 e. The molecule has 0 radical (unpaired) electrons. The van der Waals surface area contributed by atoms with Gasteiger partial charge in [-0.25, -0.2) is 0 Å². The second kappa shape index (κ2) is 2.68. The van der Waals surface area contributed by atoms with E-state index in [1.807, 2.05) is 0 Å². The Kier molecular flexibility index (Phi) is 2.16. The predicted octanol–water partition coefficient (Wildman–Crippen LogP) is 1.24. The molecule has 2 unspecified atom stereocenters. The lowest BCUT2D eigenvalue weighted by atomic mass is 9.91. The summed E-state index contributed by atoms with van der Waals surface area (Å²) in [6.45, 7) is 3.04. The molecule has 66 valence electrons. The van der Waals surface area contributed by atoms with Gasteiger partial charge >= 0.3 is 6.11 Å². The van der Waals surface area contributed by atoms with Crippen LogP contribution in [0, 0.1) is 11.8 Å². The van der Waals surface area contributed by atoms with Gasteiger partial charge < -0.3 is 9.84 Å². The first-order valence-corrected chi connectivity index (χ1v) is 3.65. The monoisotopic (exact) mass is 166 g/mol. The van der Waals surface area contributed by atoms with Crippen molar-refractivity contribution in [3.8, 4) is 0 Å². The quantitative estimate of drug-likeness (QED) is 0.635. The van der Waals surface area contributed by atoms with Gasteiger partial charge in [0.2, 0.25) is 0 Å². The topological polar surface area (TPSA) is 29.5 Å². The number of ether oxygens (including phenoxy) is 1. The summed E-state index contributed by atoms with van der Waals surface area (Å²) in [7, 11) is 0. The number of hydrogen-bond donors (Lipinski definition) is 1. The van der Waals surface area contributed by atoms with Crippen molar-refractivity contribution in [1.29, 1.82) is 0 Å². The fourth-order valence-electron chi connectivity index (χ4n) is 1.45. The van der Waals surface area contributed by atoms with Gasteiger partial charge in [-0.05, 0) is 5.92 Å². The van der Waals surface area contributed by atoms with Gasteiger partial charge in [-0.3, -0.25) is 0 Å². The lowest BCUT2D eigenvalue weighted by Crippen LogP contribution is -2.33. The molecule has 0 aromatic heterocycles. The molecule has 4 heteroatoms. The van der Waals surface area contributed by atoms with Crippen molar-refractivity contribution in [2.75, 3.05) is 6.61 Å². The molecule has 1 fully saturated rings. The highest BCUT2D eigenvalue weighted by Gasteiger charge is 2.52. The normalized spacial score (nSPS) is 36.5. The van der Waals surface area contributed by atoms with Crippen molar-refractivity contribution in [2.24, 2.45) is 11.8 Å². The Labute approximate surface area is 64.2 Å². The molecule has 1 aliphatic rings. The second-order valence-corrected chi connectivity index (χ2v) is 3.21. The molecule has 0 saturated carbocycles. The van der Waals surface area contributed by atoms with Gasteiger partial charge in [0.25, 0.3) is 0 Å². The number of alkyl halides is 2. The van der Waals surface area contributed by atoms with E-state index in [0.717, 1.165) is 0 Å². The van der Waals surface area contributed by atoms with Crippen LogP contribution in [-0.4, -0.2) is 23.9 Å². The van der Waals surface area contributed by atoms with Crippen LogP contribution in [0.2, 0.25) is 0 Å². The van der Waals surface area contributed by atoms with Gasteiger partial charge in [0.15, 0.2) is 0 Å². The molecule has 2 atom stereocenters. The van der Waals surface area contributed by atoms with E-state index in [0.29, 0.717) is 0 Å². The fraction of sp³-hybridized carbons (Fsp3) is 1.00. The summed E-state index contributed by atoms with van der Waals surface area (Å²) in [5, 5.41) is 9.09. The van der Waals surface area contributed by atoms with E-state index in [1.54, 1.807) is 13.8 Å². The third-order valence-electron chi connectivity index (χ3n) is 1.97. The molecule has 0 aromatic rings. The average Bonchev–Trinajstić information content (AvgIpc) is 2.06. The molecular weight excluding hydrogens is 154 g/mol. The summed E-state index contributed by atoms with van der Waals surface area (Å²) in [5.41, 5.74) is 0. The van der Waals surface area contributed by atoms with Gasteiger partial charge in [-0.2, -0.15) is 8.78 Å². The molecule has 0 spiro atoms. The van der Waals surface area contributed by atoms with Crippen LogP contribution < -0.4 is 0 Å². The van der Waals surface area contributed by atoms with Gasteiger partial charge in [0.1, 0.15) is 0 Å². The third kappa shape index (κ3) is 1.51. The molecule has 11 heavy (non-hydrogen) atoms. The van der Waals surface area contributed by atoms with Crippen LogP contribution in [0.15, 0.2) is 0 Å². The zero-order valence-corrected chi connectivity index (χ0v) is 6.55. The standard InChI is InChI=1S/C7H12F2O2/c1-4(2)6-5(10)3-11-7(6,8)9/h4-6,10H,3H2,1-2H3. The molecular formula is C7H12F2O2. The van der Waals surface area contributed by atoms with E-state index in [9.17, 15) is 8.78 Å². The molecule has 0 bridgehead atoms. The average molecular weight is 166 g/mol. The Morgan fingerprint density at radius 1 is 1.55 bits per heavy atom. The SMILES string of the molecule is CC(C)C1C(O)COC1(F)F. The number of aliphatic hydroxyl groups is 1. The van der Waals surface area contributed by atoms with Crippen LogP contribution >= 0.6 is 0 Å². The zero-order valence-electron chi connectivity index (χ0n) is 6.55. The molecule has 0 amide bonds. The maximum absolute atomic E-state index is 12.7. The zero-order chi connectivity index (χ0) is 8.65. The van der Waals surface area contributed by atoms with E-state index >= 15 is 0 Å². The van der Waals surface area contributed by atoms with Crippen molar-refractivity contribution in [3.05, 3.63) is 0 Å². The Morgan fingerprint density at radius 2 is 2.09 bits per heavy atom. The van der Waals surface area contributed by atoms with Crippen molar-refractivity contribution < 1.29 is 18.6 Å². The van der Waals surface area contributed by atoms with Gasteiger partial charge in [-0.15, -0.1) is 0 Å². The molecule has 1 heterocycles. The van der Waals surface area contributed by atoms with Crippen molar-refractivity contribution in [2.45, 2.75) is 26.1 Å². The number of aliphatic hydroxyl groups excluding tert-OH is 1. The van der Waals surface area contributed by atoms with Crippen LogP contribution in [0.1, 0.15) is 13.8 Å². The number of rotatable bonds is 1. The minimum Gasteiger partial charge on any atom is -0.390 e. The van der Waals surface area contributed by atoms with Crippen molar-refractivity contribution in [3.63, 3.8) is 0 Å².